The summed E-state index contributed by atoms with van der Waals surface area (Å²) in [5, 5.41) is 15.1. The fourth-order valence-corrected chi connectivity index (χ4v) is 3.13. The Morgan fingerprint density at radius 2 is 2.36 bits per heavy atom. The van der Waals surface area contributed by atoms with Crippen molar-refractivity contribution in [3.05, 3.63) is 10.4 Å². The number of ether oxygens (including phenoxy) is 2. The molecule has 0 aromatic carbocycles. The zero-order valence-electron chi connectivity index (χ0n) is 12.0. The Labute approximate surface area is 134 Å². The van der Waals surface area contributed by atoms with Crippen molar-refractivity contribution in [2.45, 2.75) is 42.3 Å². The number of hydrogen-bond acceptors (Lipinski definition) is 6. The molecule has 0 radical (unpaired) electrons. The SMILES string of the molecule is CO[C@@H]1N([C@H]2C[C@H](N=[N+]=[N-])[C@@H](CO)O2)C(=O)NC(=O)[C@@]1(C)Br. The van der Waals surface area contributed by atoms with Crippen LogP contribution in [-0.4, -0.2) is 64.6 Å². The van der Waals surface area contributed by atoms with Crippen molar-refractivity contribution >= 4 is 27.9 Å². The fraction of sp³-hybridized carbons (Fsp3) is 0.818. The molecule has 2 saturated heterocycles. The van der Waals surface area contributed by atoms with Crippen LogP contribution in [0.15, 0.2) is 5.11 Å². The zero-order valence-corrected chi connectivity index (χ0v) is 13.6. The van der Waals surface area contributed by atoms with Gasteiger partial charge in [-0.15, -0.1) is 0 Å². The van der Waals surface area contributed by atoms with E-state index in [0.29, 0.717) is 0 Å². The summed E-state index contributed by atoms with van der Waals surface area (Å²) in [4.78, 5) is 28.0. The van der Waals surface area contributed by atoms with Gasteiger partial charge < -0.3 is 14.6 Å². The highest BCUT2D eigenvalue weighted by molar-refractivity contribution is 9.10. The average Bonchev–Trinajstić information content (AvgIpc) is 2.85. The van der Waals surface area contributed by atoms with Crippen molar-refractivity contribution in [3.8, 4) is 0 Å². The van der Waals surface area contributed by atoms with Crippen molar-refractivity contribution < 1.29 is 24.2 Å². The summed E-state index contributed by atoms with van der Waals surface area (Å²) in [5.74, 6) is -0.524. The van der Waals surface area contributed by atoms with Gasteiger partial charge in [-0.05, 0) is 12.5 Å². The number of carbonyl (C=O) groups is 2. The van der Waals surface area contributed by atoms with E-state index in [4.69, 9.17) is 15.0 Å². The summed E-state index contributed by atoms with van der Waals surface area (Å²) in [6, 6.07) is -1.28. The van der Waals surface area contributed by atoms with Gasteiger partial charge in [0.05, 0.1) is 18.8 Å². The highest BCUT2D eigenvalue weighted by atomic mass is 79.9. The highest BCUT2D eigenvalue weighted by Gasteiger charge is 2.54. The van der Waals surface area contributed by atoms with Crippen molar-refractivity contribution in [2.75, 3.05) is 13.7 Å². The van der Waals surface area contributed by atoms with E-state index in [0.717, 1.165) is 0 Å². The Morgan fingerprint density at radius 3 is 2.91 bits per heavy atom. The predicted molar refractivity (Wildman–Crippen MR) is 76.8 cm³/mol. The van der Waals surface area contributed by atoms with Crippen LogP contribution in [0.5, 0.6) is 0 Å². The molecule has 11 heteroatoms. The second kappa shape index (κ2) is 6.39. The third kappa shape index (κ3) is 2.77. The normalized spacial score (nSPS) is 38.6. The lowest BCUT2D eigenvalue weighted by atomic mass is 10.0. The van der Waals surface area contributed by atoms with E-state index >= 15 is 0 Å². The number of alkyl halides is 1. The first-order chi connectivity index (χ1) is 10.4. The molecule has 0 unspecified atom stereocenters. The number of aliphatic hydroxyl groups excluding tert-OH is 1. The van der Waals surface area contributed by atoms with E-state index in [9.17, 15) is 14.7 Å². The lowest BCUT2D eigenvalue weighted by molar-refractivity contribution is -0.153. The molecule has 0 bridgehead atoms. The van der Waals surface area contributed by atoms with Crippen molar-refractivity contribution in [3.63, 3.8) is 0 Å². The molecule has 0 spiro atoms. The van der Waals surface area contributed by atoms with E-state index in [1.807, 2.05) is 0 Å². The van der Waals surface area contributed by atoms with E-state index < -0.39 is 40.9 Å². The zero-order chi connectivity index (χ0) is 16.5. The maximum atomic E-state index is 12.2. The first kappa shape index (κ1) is 17.0. The van der Waals surface area contributed by atoms with E-state index in [1.165, 1.54) is 12.0 Å². The van der Waals surface area contributed by atoms with Gasteiger partial charge >= 0.3 is 6.03 Å². The number of nitrogens with zero attached hydrogens (tertiary/aromatic N) is 4. The molecule has 0 aliphatic carbocycles. The molecule has 2 aliphatic heterocycles. The number of hydrogen-bond donors (Lipinski definition) is 2. The fourth-order valence-electron chi connectivity index (χ4n) is 2.62. The van der Waals surface area contributed by atoms with Gasteiger partial charge in [-0.2, -0.15) is 0 Å². The Morgan fingerprint density at radius 1 is 1.68 bits per heavy atom. The minimum absolute atomic E-state index is 0.194. The van der Waals surface area contributed by atoms with Crippen molar-refractivity contribution in [1.29, 1.82) is 0 Å². The molecule has 2 heterocycles. The number of nitrogens with one attached hydrogen (secondary N) is 1. The van der Waals surface area contributed by atoms with E-state index in [2.05, 4.69) is 31.3 Å². The third-order valence-electron chi connectivity index (χ3n) is 3.73. The summed E-state index contributed by atoms with van der Waals surface area (Å²) >= 11 is 3.26. The molecular weight excluding hydrogens is 362 g/mol. The van der Waals surface area contributed by atoms with Gasteiger partial charge in [0.25, 0.3) is 0 Å². The van der Waals surface area contributed by atoms with Crippen LogP contribution in [0, 0.1) is 0 Å². The van der Waals surface area contributed by atoms with Gasteiger partial charge in [-0.25, -0.2) is 4.79 Å². The van der Waals surface area contributed by atoms with Crippen LogP contribution >= 0.6 is 15.9 Å². The van der Waals surface area contributed by atoms with Gasteiger partial charge in [-0.1, -0.05) is 21.0 Å². The summed E-state index contributed by atoms with van der Waals surface area (Å²) in [6.07, 6.45) is -2.23. The molecule has 2 N–H and O–H groups in total. The van der Waals surface area contributed by atoms with Crippen LogP contribution in [0.25, 0.3) is 10.4 Å². The lowest BCUT2D eigenvalue weighted by Gasteiger charge is -2.44. The maximum absolute atomic E-state index is 12.2. The third-order valence-corrected chi connectivity index (χ3v) is 4.48. The molecule has 10 nitrogen and oxygen atoms in total. The molecule has 2 rings (SSSR count). The lowest BCUT2D eigenvalue weighted by Crippen LogP contribution is -2.69. The van der Waals surface area contributed by atoms with E-state index in [-0.39, 0.29) is 13.0 Å². The van der Waals surface area contributed by atoms with Gasteiger partial charge in [0.15, 0.2) is 6.23 Å². The Bertz CT molecular complexity index is 523. The standard InChI is InChI=1S/C11H16BrN5O5/c1-11(12)8(19)14-10(20)17(9(11)21-2)7-3-5(15-16-13)6(4-18)22-7/h5-7,9,18H,3-4H2,1-2H3,(H,14,19,20)/t5-,6+,7+,9-,11+/m0/s1. The molecular formula is C11H16BrN5O5. The Balaban J connectivity index is 2.28. The minimum atomic E-state index is -1.16. The number of imide groups is 1. The van der Waals surface area contributed by atoms with Gasteiger partial charge in [0.1, 0.15) is 10.6 Å². The smallest absolute Gasteiger partial charge is 0.328 e. The highest BCUT2D eigenvalue weighted by Crippen LogP contribution is 2.35. The molecule has 122 valence electrons. The maximum Gasteiger partial charge on any atom is 0.328 e. The molecule has 0 aromatic rings. The first-order valence-corrected chi connectivity index (χ1v) is 7.32. The number of rotatable bonds is 4. The summed E-state index contributed by atoms with van der Waals surface area (Å²) in [6.45, 7) is 1.22. The Kier molecular flexibility index (Phi) is 4.93. The van der Waals surface area contributed by atoms with Crippen molar-refractivity contribution in [2.24, 2.45) is 5.11 Å². The molecule has 22 heavy (non-hydrogen) atoms. The number of urea groups is 1. The van der Waals surface area contributed by atoms with Gasteiger partial charge in [-0.3, -0.25) is 15.0 Å². The number of halogens is 1. The van der Waals surface area contributed by atoms with Crippen LogP contribution in [0.3, 0.4) is 0 Å². The van der Waals surface area contributed by atoms with Gasteiger partial charge in [0.2, 0.25) is 5.91 Å². The van der Waals surface area contributed by atoms with E-state index in [1.54, 1.807) is 6.92 Å². The van der Waals surface area contributed by atoms with Crippen LogP contribution < -0.4 is 5.32 Å². The number of methoxy groups -OCH3 is 1. The molecule has 5 atom stereocenters. The first-order valence-electron chi connectivity index (χ1n) is 6.52. The molecule has 0 aromatic heterocycles. The summed E-state index contributed by atoms with van der Waals surface area (Å²) in [7, 11) is 1.37. The summed E-state index contributed by atoms with van der Waals surface area (Å²) in [5.41, 5.74) is 8.56. The number of aliphatic hydroxyl groups is 1. The number of azide groups is 1. The second-order valence-corrected chi connectivity index (χ2v) is 6.80. The largest absolute Gasteiger partial charge is 0.394 e. The Hall–Kier alpha value is -1.39. The van der Waals surface area contributed by atoms with Crippen LogP contribution in [0.1, 0.15) is 13.3 Å². The number of amides is 3. The summed E-state index contributed by atoms with van der Waals surface area (Å²) < 4.78 is 9.71. The second-order valence-electron chi connectivity index (χ2n) is 5.15. The quantitative estimate of drug-likeness (QED) is 0.317. The molecule has 2 aliphatic rings. The number of carbonyl (C=O) groups excluding carboxylic acids is 2. The van der Waals surface area contributed by atoms with Gasteiger partial charge in [0, 0.05) is 18.4 Å². The monoisotopic (exact) mass is 377 g/mol. The van der Waals surface area contributed by atoms with Crippen molar-refractivity contribution in [1.82, 2.24) is 10.2 Å². The molecule has 3 amide bonds. The predicted octanol–water partition coefficient (Wildman–Crippen LogP) is 0.451. The van der Waals surface area contributed by atoms with Crippen LogP contribution in [-0.2, 0) is 14.3 Å². The van der Waals surface area contributed by atoms with Crippen LogP contribution in [0.4, 0.5) is 4.79 Å². The minimum Gasteiger partial charge on any atom is -0.394 e. The topological polar surface area (TPSA) is 137 Å². The van der Waals surface area contributed by atoms with Crippen LogP contribution in [0.2, 0.25) is 0 Å². The molecule has 0 saturated carbocycles. The average molecular weight is 378 g/mol. The molecule has 2 fully saturated rings.